The second-order valence-electron chi connectivity index (χ2n) is 5.87. The van der Waals surface area contributed by atoms with Gasteiger partial charge in [-0.2, -0.15) is 8.42 Å². The molecule has 2 N–H and O–H groups in total. The zero-order valence-corrected chi connectivity index (χ0v) is 14.9. The Labute approximate surface area is 143 Å². The first-order valence-electron chi connectivity index (χ1n) is 7.70. The third-order valence-electron chi connectivity index (χ3n) is 4.00. The number of hydrogen-bond acceptors (Lipinski definition) is 4. The van der Waals surface area contributed by atoms with Gasteiger partial charge >= 0.3 is 0 Å². The fourth-order valence-corrected chi connectivity index (χ4v) is 2.81. The third kappa shape index (κ3) is 4.80. The van der Waals surface area contributed by atoms with E-state index in [9.17, 15) is 8.42 Å². The lowest BCUT2D eigenvalue weighted by molar-refractivity contribution is 0.406. The summed E-state index contributed by atoms with van der Waals surface area (Å²) < 4.78 is 34.8. The maximum atomic E-state index is 10.5. The van der Waals surface area contributed by atoms with E-state index in [1.165, 1.54) is 23.3 Å². The van der Waals surface area contributed by atoms with Crippen molar-refractivity contribution in [2.24, 2.45) is 0 Å². The van der Waals surface area contributed by atoms with Crippen LogP contribution in [0.2, 0.25) is 0 Å². The normalized spacial score (nSPS) is 14.3. The van der Waals surface area contributed by atoms with Crippen molar-refractivity contribution >= 4 is 10.1 Å². The Kier molecular flexibility index (Phi) is 5.99. The predicted octanol–water partition coefficient (Wildman–Crippen LogP) is 2.93. The average Bonchev–Trinajstić information content (AvgIpc) is 2.47. The van der Waals surface area contributed by atoms with E-state index in [1.807, 2.05) is 6.92 Å². The van der Waals surface area contributed by atoms with Crippen LogP contribution in [0.3, 0.4) is 0 Å². The minimum Gasteiger partial charge on any atom is -0.496 e. The lowest BCUT2D eigenvalue weighted by Crippen LogP contribution is -2.39. The van der Waals surface area contributed by atoms with Crippen molar-refractivity contribution in [3.05, 3.63) is 59.2 Å². The molecule has 0 saturated carbocycles. The van der Waals surface area contributed by atoms with E-state index in [0.29, 0.717) is 5.92 Å². The van der Waals surface area contributed by atoms with Gasteiger partial charge in [0.15, 0.2) is 0 Å². The van der Waals surface area contributed by atoms with Crippen molar-refractivity contribution in [3.63, 3.8) is 0 Å². The largest absolute Gasteiger partial charge is 0.496 e. The molecule has 5 nitrogen and oxygen atoms in total. The highest BCUT2D eigenvalue weighted by Gasteiger charge is 2.19. The van der Waals surface area contributed by atoms with Gasteiger partial charge in [-0.15, -0.1) is 0 Å². The first kappa shape index (κ1) is 18.4. The summed E-state index contributed by atoms with van der Waals surface area (Å²) in [5, 5.41) is 3.27. The van der Waals surface area contributed by atoms with E-state index in [0.717, 1.165) is 24.4 Å². The van der Waals surface area contributed by atoms with Crippen LogP contribution in [0.5, 0.6) is 5.75 Å². The van der Waals surface area contributed by atoms with Crippen molar-refractivity contribution in [1.82, 2.24) is 5.32 Å². The Hall–Kier alpha value is -1.89. The van der Waals surface area contributed by atoms with Crippen molar-refractivity contribution in [3.8, 4) is 5.75 Å². The molecule has 0 amide bonds. The van der Waals surface area contributed by atoms with Gasteiger partial charge in [0.05, 0.1) is 12.0 Å². The molecular formula is C18H23NO4S. The molecule has 2 aromatic rings. The van der Waals surface area contributed by atoms with E-state index in [2.05, 4.69) is 30.4 Å². The van der Waals surface area contributed by atoms with Crippen LogP contribution >= 0.6 is 0 Å². The SMILES string of the molecule is COc1cc(C2CNC2)ccc1C.Cc1ccc(S(=O)(=O)O)cc1. The highest BCUT2D eigenvalue weighted by atomic mass is 32.2. The van der Waals surface area contributed by atoms with Gasteiger partial charge in [-0.3, -0.25) is 4.55 Å². The number of benzene rings is 2. The summed E-state index contributed by atoms with van der Waals surface area (Å²) in [5.74, 6) is 1.69. The maximum Gasteiger partial charge on any atom is 0.294 e. The van der Waals surface area contributed by atoms with Crippen LogP contribution in [0.25, 0.3) is 0 Å². The van der Waals surface area contributed by atoms with Crippen LogP contribution < -0.4 is 10.1 Å². The van der Waals surface area contributed by atoms with Crippen LogP contribution in [0.1, 0.15) is 22.6 Å². The molecule has 0 spiro atoms. The van der Waals surface area contributed by atoms with Crippen LogP contribution in [0.15, 0.2) is 47.4 Å². The molecular weight excluding hydrogens is 326 g/mol. The summed E-state index contributed by atoms with van der Waals surface area (Å²) in [7, 11) is -2.29. The number of aryl methyl sites for hydroxylation is 2. The highest BCUT2D eigenvalue weighted by Crippen LogP contribution is 2.26. The van der Waals surface area contributed by atoms with Crippen LogP contribution in [-0.4, -0.2) is 33.2 Å². The number of methoxy groups -OCH3 is 1. The van der Waals surface area contributed by atoms with Gasteiger partial charge < -0.3 is 10.1 Å². The standard InChI is InChI=1S/C11H15NO.C7H8O3S/c1-8-3-4-9(5-11(8)13-2)10-6-12-7-10;1-6-2-4-7(5-3-6)11(8,9)10/h3-5,10,12H,6-7H2,1-2H3;2-5H,1H3,(H,8,9,10). The molecule has 1 aliphatic rings. The Morgan fingerprint density at radius 1 is 1.08 bits per heavy atom. The topological polar surface area (TPSA) is 75.6 Å². The number of hydrogen-bond donors (Lipinski definition) is 2. The molecule has 0 atom stereocenters. The molecule has 1 heterocycles. The lowest BCUT2D eigenvalue weighted by Gasteiger charge is -2.27. The summed E-state index contributed by atoms with van der Waals surface area (Å²) in [6, 6.07) is 12.5. The molecule has 1 fully saturated rings. The third-order valence-corrected chi connectivity index (χ3v) is 4.87. The Morgan fingerprint density at radius 3 is 2.17 bits per heavy atom. The van der Waals surface area contributed by atoms with Crippen LogP contribution in [0.4, 0.5) is 0 Å². The Balaban J connectivity index is 0.000000177. The fourth-order valence-electron chi connectivity index (χ4n) is 2.33. The number of nitrogens with one attached hydrogen (secondary N) is 1. The maximum absolute atomic E-state index is 10.5. The van der Waals surface area contributed by atoms with Crippen molar-refractivity contribution in [2.75, 3.05) is 20.2 Å². The van der Waals surface area contributed by atoms with Gasteiger partial charge in [0, 0.05) is 19.0 Å². The smallest absolute Gasteiger partial charge is 0.294 e. The lowest BCUT2D eigenvalue weighted by atomic mass is 9.93. The van der Waals surface area contributed by atoms with Gasteiger partial charge in [-0.1, -0.05) is 29.8 Å². The molecule has 1 saturated heterocycles. The van der Waals surface area contributed by atoms with E-state index in [-0.39, 0.29) is 4.90 Å². The fraction of sp³-hybridized carbons (Fsp3) is 0.333. The molecule has 1 aliphatic heterocycles. The average molecular weight is 349 g/mol. The van der Waals surface area contributed by atoms with E-state index in [4.69, 9.17) is 9.29 Å². The van der Waals surface area contributed by atoms with Gasteiger partial charge in [-0.05, 0) is 43.2 Å². The van der Waals surface area contributed by atoms with Gasteiger partial charge in [0.2, 0.25) is 0 Å². The van der Waals surface area contributed by atoms with Crippen molar-refractivity contribution in [2.45, 2.75) is 24.7 Å². The summed E-state index contributed by atoms with van der Waals surface area (Å²) in [6.45, 7) is 6.12. The van der Waals surface area contributed by atoms with E-state index in [1.54, 1.807) is 19.2 Å². The summed E-state index contributed by atoms with van der Waals surface area (Å²) in [6.07, 6.45) is 0. The van der Waals surface area contributed by atoms with Gasteiger partial charge in [-0.25, -0.2) is 0 Å². The monoisotopic (exact) mass is 349 g/mol. The molecule has 24 heavy (non-hydrogen) atoms. The van der Waals surface area contributed by atoms with E-state index >= 15 is 0 Å². The Morgan fingerprint density at radius 2 is 1.71 bits per heavy atom. The summed E-state index contributed by atoms with van der Waals surface area (Å²) in [5.41, 5.74) is 3.55. The Bertz CT molecular complexity index is 781. The minimum absolute atomic E-state index is 0.0666. The first-order chi connectivity index (χ1) is 11.3. The number of ether oxygens (including phenoxy) is 1. The minimum atomic E-state index is -4.02. The van der Waals surface area contributed by atoms with Gasteiger partial charge in [0.25, 0.3) is 10.1 Å². The summed E-state index contributed by atoms with van der Waals surface area (Å²) >= 11 is 0. The zero-order valence-electron chi connectivity index (χ0n) is 14.1. The molecule has 0 aliphatic carbocycles. The molecule has 3 rings (SSSR count). The molecule has 0 unspecified atom stereocenters. The second kappa shape index (κ2) is 7.79. The van der Waals surface area contributed by atoms with Crippen molar-refractivity contribution in [1.29, 1.82) is 0 Å². The number of rotatable bonds is 3. The molecule has 6 heteroatoms. The van der Waals surface area contributed by atoms with Gasteiger partial charge in [0.1, 0.15) is 5.75 Å². The molecule has 0 bridgehead atoms. The van der Waals surface area contributed by atoms with Crippen molar-refractivity contribution < 1.29 is 17.7 Å². The van der Waals surface area contributed by atoms with E-state index < -0.39 is 10.1 Å². The van der Waals surface area contributed by atoms with Crippen LogP contribution in [-0.2, 0) is 10.1 Å². The molecule has 0 radical (unpaired) electrons. The molecule has 2 aromatic carbocycles. The second-order valence-corrected chi connectivity index (χ2v) is 7.29. The first-order valence-corrected chi connectivity index (χ1v) is 9.14. The zero-order chi connectivity index (χ0) is 17.7. The molecule has 130 valence electrons. The predicted molar refractivity (Wildman–Crippen MR) is 94.3 cm³/mol. The van der Waals surface area contributed by atoms with Crippen LogP contribution in [0, 0.1) is 13.8 Å². The quantitative estimate of drug-likeness (QED) is 0.833. The molecule has 0 aromatic heterocycles. The summed E-state index contributed by atoms with van der Waals surface area (Å²) in [4.78, 5) is -0.0666. The highest BCUT2D eigenvalue weighted by molar-refractivity contribution is 7.85.